The molecule has 0 saturated carbocycles. The minimum Gasteiger partial charge on any atom is -0.493 e. The molecular formula is C20H22FN3O6. The van der Waals surface area contributed by atoms with Gasteiger partial charge in [-0.2, -0.15) is 0 Å². The largest absolute Gasteiger partial charge is 0.493 e. The van der Waals surface area contributed by atoms with Gasteiger partial charge in [0.1, 0.15) is 11.9 Å². The van der Waals surface area contributed by atoms with Crippen LogP contribution in [0.25, 0.3) is 0 Å². The van der Waals surface area contributed by atoms with Gasteiger partial charge in [0.2, 0.25) is 5.75 Å². The number of urea groups is 1. The molecule has 9 nitrogen and oxygen atoms in total. The van der Waals surface area contributed by atoms with E-state index >= 15 is 0 Å². The van der Waals surface area contributed by atoms with E-state index in [4.69, 9.17) is 18.9 Å². The zero-order valence-electron chi connectivity index (χ0n) is 16.7. The standard InChI is InChI=1S/C20H22FN3O6/c1-27-16-8-13(9-17(28-2)18(16)29-3)23-19(25)22-10-15-11-24(20(26)30-15)14-6-4-12(21)5-7-14/h4-9,15H,10-11H2,1-3H3,(H2,22,23,25). The van der Waals surface area contributed by atoms with Crippen LogP contribution in [-0.4, -0.2) is 52.6 Å². The zero-order valence-corrected chi connectivity index (χ0v) is 16.7. The number of benzene rings is 2. The maximum atomic E-state index is 13.1. The lowest BCUT2D eigenvalue weighted by Gasteiger charge is -2.15. The number of ether oxygens (including phenoxy) is 4. The molecule has 160 valence electrons. The van der Waals surface area contributed by atoms with Crippen LogP contribution in [0, 0.1) is 5.82 Å². The number of methoxy groups -OCH3 is 3. The fourth-order valence-corrected chi connectivity index (χ4v) is 2.99. The molecule has 0 spiro atoms. The number of nitrogens with zero attached hydrogens (tertiary/aromatic N) is 1. The van der Waals surface area contributed by atoms with Crippen molar-refractivity contribution in [1.82, 2.24) is 5.32 Å². The highest BCUT2D eigenvalue weighted by molar-refractivity contribution is 5.91. The minimum absolute atomic E-state index is 0.0969. The summed E-state index contributed by atoms with van der Waals surface area (Å²) < 4.78 is 34.1. The van der Waals surface area contributed by atoms with E-state index in [1.54, 1.807) is 12.1 Å². The van der Waals surface area contributed by atoms with Gasteiger partial charge in [-0.15, -0.1) is 0 Å². The number of anilines is 2. The smallest absolute Gasteiger partial charge is 0.414 e. The topological polar surface area (TPSA) is 98.4 Å². The number of amides is 3. The maximum Gasteiger partial charge on any atom is 0.414 e. The van der Waals surface area contributed by atoms with E-state index in [-0.39, 0.29) is 13.1 Å². The quantitative estimate of drug-likeness (QED) is 0.716. The number of halogens is 1. The van der Waals surface area contributed by atoms with E-state index in [2.05, 4.69) is 10.6 Å². The van der Waals surface area contributed by atoms with Crippen molar-refractivity contribution in [3.63, 3.8) is 0 Å². The lowest BCUT2D eigenvalue weighted by Crippen LogP contribution is -2.37. The number of carbonyl (C=O) groups excluding carboxylic acids is 2. The van der Waals surface area contributed by atoms with Gasteiger partial charge < -0.3 is 29.6 Å². The first-order valence-electron chi connectivity index (χ1n) is 9.03. The van der Waals surface area contributed by atoms with Gasteiger partial charge in [0.15, 0.2) is 11.5 Å². The lowest BCUT2D eigenvalue weighted by atomic mass is 10.2. The predicted molar refractivity (Wildman–Crippen MR) is 107 cm³/mol. The molecule has 1 aliphatic heterocycles. The van der Waals surface area contributed by atoms with Gasteiger partial charge in [0.05, 0.1) is 40.1 Å². The Morgan fingerprint density at radius 1 is 1.13 bits per heavy atom. The van der Waals surface area contributed by atoms with Crippen molar-refractivity contribution in [2.24, 2.45) is 0 Å². The summed E-state index contributed by atoms with van der Waals surface area (Å²) in [6.07, 6.45) is -1.10. The first-order valence-corrected chi connectivity index (χ1v) is 9.03. The molecule has 2 N–H and O–H groups in total. The predicted octanol–water partition coefficient (Wildman–Crippen LogP) is 3.00. The zero-order chi connectivity index (χ0) is 21.7. The molecule has 30 heavy (non-hydrogen) atoms. The Morgan fingerprint density at radius 3 is 2.33 bits per heavy atom. The average Bonchev–Trinajstić information content (AvgIpc) is 3.12. The number of hydrogen-bond donors (Lipinski definition) is 2. The summed E-state index contributed by atoms with van der Waals surface area (Å²) in [4.78, 5) is 25.7. The van der Waals surface area contributed by atoms with Crippen molar-refractivity contribution in [3.8, 4) is 17.2 Å². The van der Waals surface area contributed by atoms with Crippen molar-refractivity contribution in [2.75, 3.05) is 44.6 Å². The third-order valence-corrected chi connectivity index (χ3v) is 4.43. The molecule has 10 heteroatoms. The fraction of sp³-hybridized carbons (Fsp3) is 0.300. The molecule has 1 unspecified atom stereocenters. The van der Waals surface area contributed by atoms with E-state index < -0.39 is 24.0 Å². The van der Waals surface area contributed by atoms with E-state index in [1.807, 2.05) is 0 Å². The summed E-state index contributed by atoms with van der Waals surface area (Å²) in [5, 5.41) is 5.32. The first-order chi connectivity index (χ1) is 14.4. The van der Waals surface area contributed by atoms with Gasteiger partial charge >= 0.3 is 12.1 Å². The molecule has 1 heterocycles. The van der Waals surface area contributed by atoms with Crippen molar-refractivity contribution in [2.45, 2.75) is 6.10 Å². The molecule has 1 aliphatic rings. The molecule has 1 fully saturated rings. The normalized spacial score (nSPS) is 15.4. The van der Waals surface area contributed by atoms with Crippen LogP contribution in [0.4, 0.5) is 25.4 Å². The molecular weight excluding hydrogens is 397 g/mol. The second kappa shape index (κ2) is 9.21. The van der Waals surface area contributed by atoms with E-state index in [1.165, 1.54) is 50.5 Å². The van der Waals surface area contributed by atoms with E-state index in [0.717, 1.165) is 0 Å². The van der Waals surface area contributed by atoms with Crippen molar-refractivity contribution >= 4 is 23.5 Å². The molecule has 1 saturated heterocycles. The highest BCUT2D eigenvalue weighted by atomic mass is 19.1. The molecule has 1 atom stereocenters. The Bertz CT molecular complexity index is 896. The Labute approximate surface area is 172 Å². The SMILES string of the molecule is COc1cc(NC(=O)NCC2CN(c3ccc(F)cc3)C(=O)O2)cc(OC)c1OC. The van der Waals surface area contributed by atoms with Gasteiger partial charge in [-0.1, -0.05) is 0 Å². The number of hydrogen-bond acceptors (Lipinski definition) is 6. The second-order valence-corrected chi connectivity index (χ2v) is 6.34. The third kappa shape index (κ3) is 4.65. The van der Waals surface area contributed by atoms with E-state index in [9.17, 15) is 14.0 Å². The average molecular weight is 419 g/mol. The van der Waals surface area contributed by atoms with Crippen LogP contribution in [-0.2, 0) is 4.74 Å². The molecule has 2 aromatic rings. The maximum absolute atomic E-state index is 13.1. The van der Waals surface area contributed by atoms with Crippen LogP contribution < -0.4 is 29.7 Å². The number of carbonyl (C=O) groups is 2. The summed E-state index contributed by atoms with van der Waals surface area (Å²) in [6, 6.07) is 8.19. The first kappa shape index (κ1) is 21.0. The summed E-state index contributed by atoms with van der Waals surface area (Å²) in [5.41, 5.74) is 0.948. The van der Waals surface area contributed by atoms with E-state index in [0.29, 0.717) is 28.6 Å². The Hall–Kier alpha value is -3.69. The molecule has 0 radical (unpaired) electrons. The lowest BCUT2D eigenvalue weighted by molar-refractivity contribution is 0.141. The van der Waals surface area contributed by atoms with Crippen LogP contribution in [0.1, 0.15) is 0 Å². The molecule has 3 rings (SSSR count). The summed E-state index contributed by atoms with van der Waals surface area (Å²) in [7, 11) is 4.43. The number of nitrogens with one attached hydrogen (secondary N) is 2. The number of rotatable bonds is 7. The third-order valence-electron chi connectivity index (χ3n) is 4.43. The Kier molecular flexibility index (Phi) is 6.45. The monoisotopic (exact) mass is 419 g/mol. The van der Waals surface area contributed by atoms with Gasteiger partial charge in [-0.3, -0.25) is 4.90 Å². The molecule has 2 aromatic carbocycles. The summed E-state index contributed by atoms with van der Waals surface area (Å²) in [6.45, 7) is 0.328. The van der Waals surface area contributed by atoms with Crippen molar-refractivity contribution < 1.29 is 32.9 Å². The highest BCUT2D eigenvalue weighted by Gasteiger charge is 2.32. The van der Waals surface area contributed by atoms with Crippen LogP contribution in [0.2, 0.25) is 0 Å². The molecule has 0 aliphatic carbocycles. The van der Waals surface area contributed by atoms with Crippen LogP contribution >= 0.6 is 0 Å². The van der Waals surface area contributed by atoms with Crippen molar-refractivity contribution in [1.29, 1.82) is 0 Å². The minimum atomic E-state index is -0.557. The fourth-order valence-electron chi connectivity index (χ4n) is 2.99. The van der Waals surface area contributed by atoms with Crippen molar-refractivity contribution in [3.05, 3.63) is 42.2 Å². The Balaban J connectivity index is 1.57. The van der Waals surface area contributed by atoms with Gasteiger partial charge in [0, 0.05) is 17.8 Å². The second-order valence-electron chi connectivity index (χ2n) is 6.34. The van der Waals surface area contributed by atoms with Crippen LogP contribution in [0.3, 0.4) is 0 Å². The summed E-state index contributed by atoms with van der Waals surface area (Å²) in [5.74, 6) is 0.802. The molecule has 3 amide bonds. The molecule has 0 aromatic heterocycles. The van der Waals surface area contributed by atoms with Crippen LogP contribution in [0.5, 0.6) is 17.2 Å². The summed E-state index contributed by atoms with van der Waals surface area (Å²) >= 11 is 0. The molecule has 0 bridgehead atoms. The van der Waals surface area contributed by atoms with Crippen LogP contribution in [0.15, 0.2) is 36.4 Å². The highest BCUT2D eigenvalue weighted by Crippen LogP contribution is 2.39. The Morgan fingerprint density at radius 2 is 1.77 bits per heavy atom. The van der Waals surface area contributed by atoms with Gasteiger partial charge in [-0.25, -0.2) is 14.0 Å². The van der Waals surface area contributed by atoms with Gasteiger partial charge in [-0.05, 0) is 24.3 Å². The number of cyclic esters (lactones) is 1. The van der Waals surface area contributed by atoms with Gasteiger partial charge in [0.25, 0.3) is 0 Å².